The van der Waals surface area contributed by atoms with Crippen LogP contribution in [0.1, 0.15) is 42.1 Å². The number of allylic oxidation sites excluding steroid dienone is 1. The molecule has 0 aliphatic carbocycles. The molecule has 1 aliphatic rings. The van der Waals surface area contributed by atoms with Crippen LogP contribution in [-0.2, 0) is 16.1 Å². The minimum atomic E-state index is -0.682. The van der Waals surface area contributed by atoms with E-state index in [0.717, 1.165) is 11.1 Å². The van der Waals surface area contributed by atoms with Gasteiger partial charge in [-0.1, -0.05) is 59.4 Å². The third kappa shape index (κ3) is 5.82. The molecule has 7 nitrogen and oxygen atoms in total. The Labute approximate surface area is 254 Å². The Morgan fingerprint density at radius 2 is 1.88 bits per heavy atom. The summed E-state index contributed by atoms with van der Waals surface area (Å²) >= 11 is 4.77. The summed E-state index contributed by atoms with van der Waals surface area (Å²) in [5, 5.41) is 0. The monoisotopic (exact) mass is 650 g/mol. The van der Waals surface area contributed by atoms with Gasteiger partial charge in [0.15, 0.2) is 16.3 Å². The van der Waals surface area contributed by atoms with Gasteiger partial charge in [0.1, 0.15) is 12.4 Å². The number of methoxy groups -OCH3 is 1. The first kappa shape index (κ1) is 29.5. The van der Waals surface area contributed by atoms with Crippen LogP contribution in [0.15, 0.2) is 86.2 Å². The van der Waals surface area contributed by atoms with E-state index in [4.69, 9.17) is 14.2 Å². The molecule has 0 unspecified atom stereocenters. The predicted molar refractivity (Wildman–Crippen MR) is 163 cm³/mol. The third-order valence-corrected chi connectivity index (χ3v) is 8.36. The summed E-state index contributed by atoms with van der Waals surface area (Å²) in [5.74, 6) is -0.0331. The lowest BCUT2D eigenvalue weighted by atomic mass is 9.95. The lowest BCUT2D eigenvalue weighted by Crippen LogP contribution is -2.39. The normalized spacial score (nSPS) is 14.8. The topological polar surface area (TPSA) is 79.1 Å². The Bertz CT molecular complexity index is 1880. The molecule has 42 heavy (non-hydrogen) atoms. The van der Waals surface area contributed by atoms with Crippen LogP contribution in [0.2, 0.25) is 0 Å². The Morgan fingerprint density at radius 1 is 1.14 bits per heavy atom. The van der Waals surface area contributed by atoms with Gasteiger partial charge in [0.05, 0.1) is 40.0 Å². The highest BCUT2D eigenvalue weighted by Crippen LogP contribution is 2.37. The Hall–Kier alpha value is -4.02. The van der Waals surface area contributed by atoms with E-state index in [2.05, 4.69) is 20.9 Å². The van der Waals surface area contributed by atoms with Crippen molar-refractivity contribution in [3.05, 3.63) is 124 Å². The van der Waals surface area contributed by atoms with E-state index in [1.165, 1.54) is 24.5 Å². The molecule has 1 aromatic heterocycles. The molecule has 0 fully saturated rings. The number of thiazole rings is 1. The van der Waals surface area contributed by atoms with Gasteiger partial charge in [-0.05, 0) is 72.1 Å². The summed E-state index contributed by atoms with van der Waals surface area (Å²) in [6, 6.07) is 17.0. The van der Waals surface area contributed by atoms with Crippen molar-refractivity contribution in [3.8, 4) is 11.5 Å². The molecule has 4 aromatic rings. The predicted octanol–water partition coefficient (Wildman–Crippen LogP) is 5.60. The fourth-order valence-electron chi connectivity index (χ4n) is 4.74. The highest BCUT2D eigenvalue weighted by atomic mass is 79.9. The van der Waals surface area contributed by atoms with Crippen LogP contribution in [0.3, 0.4) is 0 Å². The maximum Gasteiger partial charge on any atom is 0.338 e. The Morgan fingerprint density at radius 3 is 2.57 bits per heavy atom. The first-order valence-corrected chi connectivity index (χ1v) is 14.8. The SMILES string of the molecule is CCOC(=O)C1=C(C)N=c2s/c(=C/c3cc(Br)c(OCc4ccccc4F)c(OC)c3)c(=O)n2[C@@H]1c1ccc(C)cc1. The van der Waals surface area contributed by atoms with Crippen molar-refractivity contribution in [2.24, 2.45) is 4.99 Å². The zero-order valence-electron chi connectivity index (χ0n) is 23.4. The van der Waals surface area contributed by atoms with E-state index in [0.29, 0.717) is 47.7 Å². The summed E-state index contributed by atoms with van der Waals surface area (Å²) < 4.78 is 33.5. The molecule has 0 bridgehead atoms. The summed E-state index contributed by atoms with van der Waals surface area (Å²) in [4.78, 5) is 32.1. The number of halogens is 2. The molecular weight excluding hydrogens is 623 g/mol. The number of ether oxygens (including phenoxy) is 3. The van der Waals surface area contributed by atoms with E-state index in [-0.39, 0.29) is 24.6 Å². The zero-order valence-corrected chi connectivity index (χ0v) is 25.8. The molecular formula is C32H28BrFN2O5S. The van der Waals surface area contributed by atoms with Gasteiger partial charge in [-0.2, -0.15) is 0 Å². The van der Waals surface area contributed by atoms with Gasteiger partial charge in [-0.15, -0.1) is 0 Å². The number of hydrogen-bond donors (Lipinski definition) is 0. The number of aromatic nitrogens is 1. The van der Waals surface area contributed by atoms with Crippen LogP contribution in [0.4, 0.5) is 4.39 Å². The van der Waals surface area contributed by atoms with Crippen molar-refractivity contribution >= 4 is 39.3 Å². The second-order valence-corrected chi connectivity index (χ2v) is 11.5. The number of aryl methyl sites for hydroxylation is 1. The smallest absolute Gasteiger partial charge is 0.338 e. The van der Waals surface area contributed by atoms with Gasteiger partial charge in [0.25, 0.3) is 5.56 Å². The van der Waals surface area contributed by atoms with E-state index < -0.39 is 12.0 Å². The molecule has 3 aromatic carbocycles. The number of rotatable bonds is 8. The number of carbonyl (C=O) groups is 1. The summed E-state index contributed by atoms with van der Waals surface area (Å²) in [5.41, 5.74) is 3.49. The quantitative estimate of drug-likeness (QED) is 0.232. The van der Waals surface area contributed by atoms with Crippen LogP contribution in [0, 0.1) is 12.7 Å². The van der Waals surface area contributed by atoms with Gasteiger partial charge in [0.2, 0.25) is 0 Å². The minimum absolute atomic E-state index is 0.0146. The lowest BCUT2D eigenvalue weighted by Gasteiger charge is -2.24. The second kappa shape index (κ2) is 12.5. The van der Waals surface area contributed by atoms with Crippen LogP contribution >= 0.6 is 27.3 Å². The van der Waals surface area contributed by atoms with Crippen molar-refractivity contribution in [1.29, 1.82) is 0 Å². The van der Waals surface area contributed by atoms with Crippen molar-refractivity contribution in [2.75, 3.05) is 13.7 Å². The second-order valence-electron chi connectivity index (χ2n) is 9.63. The molecule has 0 saturated carbocycles. The Kier molecular flexibility index (Phi) is 8.74. The van der Waals surface area contributed by atoms with Gasteiger partial charge < -0.3 is 14.2 Å². The van der Waals surface area contributed by atoms with Gasteiger partial charge >= 0.3 is 5.97 Å². The van der Waals surface area contributed by atoms with E-state index in [9.17, 15) is 14.0 Å². The lowest BCUT2D eigenvalue weighted by molar-refractivity contribution is -0.139. The van der Waals surface area contributed by atoms with Crippen LogP contribution in [-0.4, -0.2) is 24.3 Å². The van der Waals surface area contributed by atoms with Crippen molar-refractivity contribution in [1.82, 2.24) is 4.57 Å². The first-order valence-electron chi connectivity index (χ1n) is 13.2. The standard InChI is InChI=1S/C32H28BrFN2O5S/c1-5-40-31(38)27-19(3)35-32-36(28(27)21-12-10-18(2)11-13-21)30(37)26(42-32)16-20-14-23(33)29(25(15-20)39-4)41-17-22-8-6-7-9-24(22)34/h6-16,28H,5,17H2,1-4H3/b26-16+/t28-/m1/s1. The van der Waals surface area contributed by atoms with Gasteiger partial charge in [0, 0.05) is 5.56 Å². The molecule has 0 N–H and O–H groups in total. The average Bonchev–Trinajstić information content (AvgIpc) is 3.26. The maximum absolute atomic E-state index is 14.1. The number of nitrogens with zero attached hydrogens (tertiary/aromatic N) is 2. The molecule has 10 heteroatoms. The molecule has 216 valence electrons. The van der Waals surface area contributed by atoms with Crippen LogP contribution < -0.4 is 24.4 Å². The van der Waals surface area contributed by atoms with Crippen LogP contribution in [0.5, 0.6) is 11.5 Å². The van der Waals surface area contributed by atoms with Crippen LogP contribution in [0.25, 0.3) is 6.08 Å². The van der Waals surface area contributed by atoms with E-state index in [1.807, 2.05) is 31.2 Å². The fourth-order valence-corrected chi connectivity index (χ4v) is 6.36. The third-order valence-electron chi connectivity index (χ3n) is 6.79. The number of carbonyl (C=O) groups excluding carboxylic acids is 1. The summed E-state index contributed by atoms with van der Waals surface area (Å²) in [7, 11) is 1.51. The van der Waals surface area contributed by atoms with E-state index >= 15 is 0 Å². The number of benzene rings is 3. The van der Waals surface area contributed by atoms with Crippen molar-refractivity contribution < 1.29 is 23.4 Å². The molecule has 5 rings (SSSR count). The number of hydrogen-bond acceptors (Lipinski definition) is 7. The summed E-state index contributed by atoms with van der Waals surface area (Å²) in [6.07, 6.45) is 1.74. The number of fused-ring (bicyclic) bond motifs is 1. The molecule has 0 radical (unpaired) electrons. The minimum Gasteiger partial charge on any atom is -0.493 e. The Balaban J connectivity index is 1.58. The molecule has 0 amide bonds. The van der Waals surface area contributed by atoms with Crippen molar-refractivity contribution in [3.63, 3.8) is 0 Å². The number of esters is 1. The first-order chi connectivity index (χ1) is 20.2. The highest BCUT2D eigenvalue weighted by molar-refractivity contribution is 9.10. The van der Waals surface area contributed by atoms with Crippen molar-refractivity contribution in [2.45, 2.75) is 33.4 Å². The highest BCUT2D eigenvalue weighted by Gasteiger charge is 2.33. The van der Waals surface area contributed by atoms with Gasteiger partial charge in [-0.25, -0.2) is 14.2 Å². The maximum atomic E-state index is 14.1. The molecule has 1 atom stereocenters. The molecule has 0 spiro atoms. The zero-order chi connectivity index (χ0) is 30.0. The average molecular weight is 652 g/mol. The summed E-state index contributed by atoms with van der Waals surface area (Å²) in [6.45, 7) is 5.70. The molecule has 0 saturated heterocycles. The molecule has 2 heterocycles. The van der Waals surface area contributed by atoms with E-state index in [1.54, 1.807) is 54.8 Å². The largest absolute Gasteiger partial charge is 0.493 e. The fraction of sp³-hybridized carbons (Fsp3) is 0.219. The van der Waals surface area contributed by atoms with Gasteiger partial charge in [-0.3, -0.25) is 9.36 Å². The molecule has 1 aliphatic heterocycles.